The van der Waals surface area contributed by atoms with Gasteiger partial charge in [0.25, 0.3) is 5.91 Å². The summed E-state index contributed by atoms with van der Waals surface area (Å²) in [6.07, 6.45) is 2.36. The number of anilines is 1. The topological polar surface area (TPSA) is 49.6 Å². The summed E-state index contributed by atoms with van der Waals surface area (Å²) >= 11 is 6.09. The van der Waals surface area contributed by atoms with Crippen molar-refractivity contribution in [1.29, 1.82) is 0 Å². The zero-order chi connectivity index (χ0) is 14.7. The molecule has 5 heteroatoms. The first-order valence-corrected chi connectivity index (χ1v) is 7.45. The van der Waals surface area contributed by atoms with Crippen molar-refractivity contribution in [3.05, 3.63) is 28.8 Å². The summed E-state index contributed by atoms with van der Waals surface area (Å²) in [6, 6.07) is 5.47. The Bertz CT molecular complexity index is 492. The number of nitrogens with two attached hydrogens (primary N) is 1. The Hall–Kier alpha value is -1.26. The first-order valence-electron chi connectivity index (χ1n) is 7.07. The molecule has 1 atom stereocenters. The maximum absolute atomic E-state index is 12.5. The molecule has 1 saturated heterocycles. The van der Waals surface area contributed by atoms with E-state index in [0.29, 0.717) is 22.3 Å². The van der Waals surface area contributed by atoms with Crippen molar-refractivity contribution < 1.29 is 4.79 Å². The van der Waals surface area contributed by atoms with E-state index in [2.05, 4.69) is 11.8 Å². The van der Waals surface area contributed by atoms with Crippen LogP contribution in [-0.2, 0) is 0 Å². The highest BCUT2D eigenvalue weighted by Crippen LogP contribution is 2.22. The fourth-order valence-electron chi connectivity index (χ4n) is 2.83. The molecular formula is C15H22ClN3O. The van der Waals surface area contributed by atoms with Gasteiger partial charge in [-0.25, -0.2) is 0 Å². The van der Waals surface area contributed by atoms with Crippen LogP contribution in [0, 0.1) is 0 Å². The van der Waals surface area contributed by atoms with E-state index in [-0.39, 0.29) is 5.91 Å². The van der Waals surface area contributed by atoms with E-state index in [4.69, 9.17) is 17.3 Å². The average Bonchev–Trinajstić information content (AvgIpc) is 2.87. The van der Waals surface area contributed by atoms with Crippen LogP contribution in [0.25, 0.3) is 0 Å². The molecule has 0 aliphatic carbocycles. The van der Waals surface area contributed by atoms with Crippen molar-refractivity contribution in [2.75, 3.05) is 32.4 Å². The van der Waals surface area contributed by atoms with Crippen LogP contribution in [-0.4, -0.2) is 48.4 Å². The average molecular weight is 296 g/mol. The van der Waals surface area contributed by atoms with Crippen molar-refractivity contribution >= 4 is 23.2 Å². The Balaban J connectivity index is 2.07. The van der Waals surface area contributed by atoms with Gasteiger partial charge in [0, 0.05) is 25.3 Å². The number of nitrogens with zero attached hydrogens (tertiary/aromatic N) is 2. The number of halogens is 1. The van der Waals surface area contributed by atoms with Crippen LogP contribution in [0.5, 0.6) is 0 Å². The monoisotopic (exact) mass is 295 g/mol. The van der Waals surface area contributed by atoms with Crippen LogP contribution in [0.1, 0.15) is 30.1 Å². The number of amides is 1. The summed E-state index contributed by atoms with van der Waals surface area (Å²) in [5, 5.41) is 0.454. The molecule has 0 bridgehead atoms. The van der Waals surface area contributed by atoms with E-state index in [1.54, 1.807) is 23.1 Å². The second-order valence-electron chi connectivity index (χ2n) is 5.35. The fourth-order valence-corrected chi connectivity index (χ4v) is 3.03. The number of likely N-dealkylation sites (N-methyl/N-ethyl adjacent to an activating group) is 2. The first-order chi connectivity index (χ1) is 9.52. The molecule has 2 N–H and O–H groups in total. The van der Waals surface area contributed by atoms with Gasteiger partial charge in [0.15, 0.2) is 0 Å². The van der Waals surface area contributed by atoms with E-state index >= 15 is 0 Å². The van der Waals surface area contributed by atoms with Crippen LogP contribution < -0.4 is 5.73 Å². The van der Waals surface area contributed by atoms with Gasteiger partial charge in [-0.3, -0.25) is 9.69 Å². The third-order valence-corrected chi connectivity index (χ3v) is 4.29. The molecule has 2 rings (SSSR count). The molecule has 4 nitrogen and oxygen atoms in total. The van der Waals surface area contributed by atoms with Crippen LogP contribution in [0.15, 0.2) is 18.2 Å². The maximum Gasteiger partial charge on any atom is 0.255 e. The van der Waals surface area contributed by atoms with Gasteiger partial charge in [-0.2, -0.15) is 0 Å². The van der Waals surface area contributed by atoms with Gasteiger partial charge in [0.05, 0.1) is 10.6 Å². The van der Waals surface area contributed by atoms with Crippen molar-refractivity contribution in [3.8, 4) is 0 Å². The molecule has 1 unspecified atom stereocenters. The highest BCUT2D eigenvalue weighted by atomic mass is 35.5. The number of rotatable bonds is 4. The number of nitrogen functional groups attached to an aromatic ring is 1. The first kappa shape index (κ1) is 15.1. The lowest BCUT2D eigenvalue weighted by Crippen LogP contribution is -2.41. The SMILES string of the molecule is CCN1CCCC1CN(C)C(=O)c1cc(N)ccc1Cl. The number of benzene rings is 1. The Morgan fingerprint density at radius 2 is 2.30 bits per heavy atom. The predicted molar refractivity (Wildman–Crippen MR) is 83.1 cm³/mol. The van der Waals surface area contributed by atoms with Crippen LogP contribution >= 0.6 is 11.6 Å². The lowest BCUT2D eigenvalue weighted by Gasteiger charge is -2.28. The standard InChI is InChI=1S/C15H22ClN3O/c1-3-19-8-4-5-12(19)10-18(2)15(20)13-9-11(17)6-7-14(13)16/h6-7,9,12H,3-5,8,10,17H2,1-2H3. The Labute approximate surface area is 125 Å². The molecular weight excluding hydrogens is 274 g/mol. The Morgan fingerprint density at radius 3 is 3.00 bits per heavy atom. The molecule has 0 radical (unpaired) electrons. The molecule has 1 fully saturated rings. The molecule has 1 aliphatic heterocycles. The highest BCUT2D eigenvalue weighted by Gasteiger charge is 2.26. The summed E-state index contributed by atoms with van der Waals surface area (Å²) in [7, 11) is 1.83. The van der Waals surface area contributed by atoms with Crippen LogP contribution in [0.2, 0.25) is 5.02 Å². The zero-order valence-electron chi connectivity index (χ0n) is 12.1. The van der Waals surface area contributed by atoms with Gasteiger partial charge >= 0.3 is 0 Å². The van der Waals surface area contributed by atoms with E-state index in [1.165, 1.54) is 6.42 Å². The molecule has 1 aromatic rings. The summed E-state index contributed by atoms with van der Waals surface area (Å²) in [5.41, 5.74) is 6.77. The van der Waals surface area contributed by atoms with Crippen LogP contribution in [0.3, 0.4) is 0 Å². The second-order valence-corrected chi connectivity index (χ2v) is 5.76. The molecule has 20 heavy (non-hydrogen) atoms. The van der Waals surface area contributed by atoms with Gasteiger partial charge in [-0.05, 0) is 44.1 Å². The minimum Gasteiger partial charge on any atom is -0.399 e. The highest BCUT2D eigenvalue weighted by molar-refractivity contribution is 6.33. The molecule has 0 saturated carbocycles. The third kappa shape index (κ3) is 3.25. The molecule has 1 aromatic carbocycles. The number of hydrogen-bond acceptors (Lipinski definition) is 3. The summed E-state index contributed by atoms with van der Waals surface area (Å²) in [5.74, 6) is -0.0646. The molecule has 110 valence electrons. The fraction of sp³-hybridized carbons (Fsp3) is 0.533. The molecule has 0 aromatic heterocycles. The summed E-state index contributed by atoms with van der Waals surface area (Å²) < 4.78 is 0. The van der Waals surface area contributed by atoms with Crippen molar-refractivity contribution in [1.82, 2.24) is 9.80 Å². The lowest BCUT2D eigenvalue weighted by molar-refractivity contribution is 0.0755. The minimum absolute atomic E-state index is 0.0646. The Morgan fingerprint density at radius 1 is 1.55 bits per heavy atom. The van der Waals surface area contributed by atoms with Gasteiger partial charge < -0.3 is 10.6 Å². The van der Waals surface area contributed by atoms with Gasteiger partial charge in [-0.15, -0.1) is 0 Å². The smallest absolute Gasteiger partial charge is 0.255 e. The second kappa shape index (κ2) is 6.46. The number of likely N-dealkylation sites (tertiary alicyclic amines) is 1. The minimum atomic E-state index is -0.0646. The lowest BCUT2D eigenvalue weighted by atomic mass is 10.1. The quantitative estimate of drug-likeness (QED) is 0.868. The Kier molecular flexibility index (Phi) is 4.89. The molecule has 1 aliphatic rings. The van der Waals surface area contributed by atoms with Gasteiger partial charge in [-0.1, -0.05) is 18.5 Å². The number of hydrogen-bond donors (Lipinski definition) is 1. The molecule has 1 heterocycles. The van der Waals surface area contributed by atoms with Crippen molar-refractivity contribution in [2.24, 2.45) is 0 Å². The normalized spacial score (nSPS) is 19.2. The third-order valence-electron chi connectivity index (χ3n) is 3.96. The summed E-state index contributed by atoms with van der Waals surface area (Å²) in [6.45, 7) is 5.06. The maximum atomic E-state index is 12.5. The predicted octanol–water partition coefficient (Wildman–Crippen LogP) is 2.48. The van der Waals surface area contributed by atoms with E-state index in [0.717, 1.165) is 26.1 Å². The van der Waals surface area contributed by atoms with Gasteiger partial charge in [0.2, 0.25) is 0 Å². The van der Waals surface area contributed by atoms with Crippen LogP contribution in [0.4, 0.5) is 5.69 Å². The van der Waals surface area contributed by atoms with Crippen molar-refractivity contribution in [3.63, 3.8) is 0 Å². The van der Waals surface area contributed by atoms with Crippen molar-refractivity contribution in [2.45, 2.75) is 25.8 Å². The van der Waals surface area contributed by atoms with E-state index in [1.807, 2.05) is 7.05 Å². The molecule has 1 amide bonds. The number of carbonyl (C=O) groups excluding carboxylic acids is 1. The zero-order valence-corrected chi connectivity index (χ0v) is 12.9. The largest absolute Gasteiger partial charge is 0.399 e. The molecule has 0 spiro atoms. The van der Waals surface area contributed by atoms with E-state index < -0.39 is 0 Å². The van der Waals surface area contributed by atoms with Gasteiger partial charge in [0.1, 0.15) is 0 Å². The summed E-state index contributed by atoms with van der Waals surface area (Å²) in [4.78, 5) is 16.6. The van der Waals surface area contributed by atoms with E-state index in [9.17, 15) is 4.79 Å². The number of carbonyl (C=O) groups is 1.